The molecule has 1 aromatic carbocycles. The monoisotopic (exact) mass is 333 g/mol. The van der Waals surface area contributed by atoms with E-state index in [2.05, 4.69) is 10.4 Å². The first-order valence-corrected chi connectivity index (χ1v) is 7.46. The van der Waals surface area contributed by atoms with Crippen molar-refractivity contribution in [1.29, 1.82) is 0 Å². The summed E-state index contributed by atoms with van der Waals surface area (Å²) >= 11 is 0. The molecule has 0 atom stereocenters. The molecular formula is C16H16FN3O4. The zero-order valence-electron chi connectivity index (χ0n) is 12.7. The van der Waals surface area contributed by atoms with Crippen LogP contribution in [0.4, 0.5) is 4.39 Å². The maximum atomic E-state index is 13.8. The van der Waals surface area contributed by atoms with E-state index < -0.39 is 23.2 Å². The third-order valence-corrected chi connectivity index (χ3v) is 4.03. The number of carbonyl (C=O) groups excluding carboxylic acids is 1. The van der Waals surface area contributed by atoms with E-state index in [9.17, 15) is 19.1 Å². The number of para-hydroxylation sites is 1. The van der Waals surface area contributed by atoms with Crippen LogP contribution in [0.15, 0.2) is 36.5 Å². The van der Waals surface area contributed by atoms with E-state index in [-0.39, 0.29) is 37.4 Å². The first-order valence-electron chi connectivity index (χ1n) is 7.46. The van der Waals surface area contributed by atoms with Crippen molar-refractivity contribution in [2.45, 2.75) is 18.4 Å². The molecule has 0 saturated carbocycles. The second-order valence-corrected chi connectivity index (χ2v) is 5.55. The smallest absolute Gasteiger partial charge is 0.329 e. The summed E-state index contributed by atoms with van der Waals surface area (Å²) in [6.45, 7) is 0.520. The number of ether oxygens (including phenoxy) is 1. The summed E-state index contributed by atoms with van der Waals surface area (Å²) in [5.41, 5.74) is -1.14. The lowest BCUT2D eigenvalue weighted by Crippen LogP contribution is -2.57. The largest absolute Gasteiger partial charge is 0.480 e. The van der Waals surface area contributed by atoms with Gasteiger partial charge in [0.1, 0.15) is 17.0 Å². The van der Waals surface area contributed by atoms with E-state index in [1.807, 2.05) is 0 Å². The van der Waals surface area contributed by atoms with Crippen LogP contribution in [0.1, 0.15) is 23.3 Å². The van der Waals surface area contributed by atoms with Gasteiger partial charge in [-0.1, -0.05) is 12.1 Å². The number of nitrogens with one attached hydrogen (secondary N) is 1. The van der Waals surface area contributed by atoms with Gasteiger partial charge < -0.3 is 15.2 Å². The van der Waals surface area contributed by atoms with Gasteiger partial charge in [0.05, 0.1) is 0 Å². The number of aliphatic carboxylic acids is 1. The molecule has 0 spiro atoms. The van der Waals surface area contributed by atoms with Gasteiger partial charge in [-0.3, -0.25) is 4.79 Å². The molecule has 7 nitrogen and oxygen atoms in total. The minimum Gasteiger partial charge on any atom is -0.480 e. The Hall–Kier alpha value is -2.74. The fourth-order valence-corrected chi connectivity index (χ4v) is 2.61. The van der Waals surface area contributed by atoms with Crippen LogP contribution in [-0.4, -0.2) is 45.5 Å². The number of carboxylic acids is 1. The predicted molar refractivity (Wildman–Crippen MR) is 81.4 cm³/mol. The molecule has 0 unspecified atom stereocenters. The summed E-state index contributed by atoms with van der Waals surface area (Å²) in [6, 6.07) is 7.44. The molecule has 2 heterocycles. The fourth-order valence-electron chi connectivity index (χ4n) is 2.61. The summed E-state index contributed by atoms with van der Waals surface area (Å²) in [6.07, 6.45) is 1.81. The van der Waals surface area contributed by atoms with Gasteiger partial charge in [0.2, 0.25) is 0 Å². The Morgan fingerprint density at radius 2 is 1.96 bits per heavy atom. The second kappa shape index (κ2) is 6.40. The van der Waals surface area contributed by atoms with Crippen molar-refractivity contribution >= 4 is 11.9 Å². The minimum absolute atomic E-state index is 0.0189. The number of amides is 1. The third kappa shape index (κ3) is 3.00. The number of aromatic nitrogens is 2. The van der Waals surface area contributed by atoms with Crippen LogP contribution >= 0.6 is 0 Å². The maximum absolute atomic E-state index is 13.8. The molecule has 0 radical (unpaired) electrons. The highest BCUT2D eigenvalue weighted by Crippen LogP contribution is 2.22. The van der Waals surface area contributed by atoms with Crippen molar-refractivity contribution in [1.82, 2.24) is 15.1 Å². The van der Waals surface area contributed by atoms with Gasteiger partial charge in [-0.2, -0.15) is 5.10 Å². The fraction of sp³-hybridized carbons (Fsp3) is 0.312. The molecule has 1 saturated heterocycles. The van der Waals surface area contributed by atoms with E-state index in [1.165, 1.54) is 29.1 Å². The molecule has 126 valence electrons. The van der Waals surface area contributed by atoms with Gasteiger partial charge in [-0.15, -0.1) is 0 Å². The highest BCUT2D eigenvalue weighted by Gasteiger charge is 2.42. The number of benzene rings is 1. The lowest BCUT2D eigenvalue weighted by atomic mass is 9.90. The summed E-state index contributed by atoms with van der Waals surface area (Å²) in [4.78, 5) is 23.9. The molecule has 1 aliphatic rings. The van der Waals surface area contributed by atoms with Crippen LogP contribution in [0.25, 0.3) is 5.69 Å². The van der Waals surface area contributed by atoms with Gasteiger partial charge >= 0.3 is 5.97 Å². The number of carbonyl (C=O) groups is 2. The Kier molecular flexibility index (Phi) is 4.30. The van der Waals surface area contributed by atoms with Gasteiger partial charge in [0, 0.05) is 32.3 Å². The Bertz CT molecular complexity index is 768. The minimum atomic E-state index is -1.36. The molecule has 1 aliphatic heterocycles. The van der Waals surface area contributed by atoms with Gasteiger partial charge in [-0.25, -0.2) is 13.9 Å². The zero-order chi connectivity index (χ0) is 17.2. The molecule has 2 aromatic rings. The SMILES string of the molecule is O=C(NC1(C(=O)O)CCOCC1)c1ccn(-c2ccccc2F)n1. The van der Waals surface area contributed by atoms with Crippen LogP contribution in [0.2, 0.25) is 0 Å². The van der Waals surface area contributed by atoms with Crippen LogP contribution in [0.3, 0.4) is 0 Å². The second-order valence-electron chi connectivity index (χ2n) is 5.55. The Labute approximate surface area is 137 Å². The van der Waals surface area contributed by atoms with Gasteiger partial charge in [0.25, 0.3) is 5.91 Å². The molecule has 1 fully saturated rings. The Morgan fingerprint density at radius 1 is 1.25 bits per heavy atom. The highest BCUT2D eigenvalue weighted by atomic mass is 19.1. The zero-order valence-corrected chi connectivity index (χ0v) is 12.7. The summed E-state index contributed by atoms with van der Waals surface area (Å²) < 4.78 is 20.2. The lowest BCUT2D eigenvalue weighted by molar-refractivity contribution is -0.148. The molecule has 1 amide bonds. The maximum Gasteiger partial charge on any atom is 0.329 e. The quantitative estimate of drug-likeness (QED) is 0.881. The number of nitrogens with zero attached hydrogens (tertiary/aromatic N) is 2. The van der Waals surface area contributed by atoms with Crippen LogP contribution in [-0.2, 0) is 9.53 Å². The third-order valence-electron chi connectivity index (χ3n) is 4.03. The lowest BCUT2D eigenvalue weighted by Gasteiger charge is -2.33. The Morgan fingerprint density at radius 3 is 2.62 bits per heavy atom. The molecule has 24 heavy (non-hydrogen) atoms. The van der Waals surface area contributed by atoms with Crippen molar-refractivity contribution in [3.8, 4) is 5.69 Å². The van der Waals surface area contributed by atoms with E-state index in [0.29, 0.717) is 0 Å². The van der Waals surface area contributed by atoms with E-state index >= 15 is 0 Å². The molecule has 1 aromatic heterocycles. The number of hydrogen-bond donors (Lipinski definition) is 2. The molecule has 3 rings (SSSR count). The molecular weight excluding hydrogens is 317 g/mol. The normalized spacial score (nSPS) is 16.5. The Balaban J connectivity index is 1.81. The number of carboxylic acid groups (broad SMARTS) is 1. The standard InChI is InChI=1S/C16H16FN3O4/c17-11-3-1-2-4-13(11)20-8-5-12(19-20)14(21)18-16(15(22)23)6-9-24-10-7-16/h1-5,8H,6-7,9-10H2,(H,18,21)(H,22,23). The first-order chi connectivity index (χ1) is 11.5. The number of halogens is 1. The van der Waals surface area contributed by atoms with E-state index in [4.69, 9.17) is 4.74 Å². The van der Waals surface area contributed by atoms with Crippen molar-refractivity contribution in [3.63, 3.8) is 0 Å². The van der Waals surface area contributed by atoms with Gasteiger partial charge in [-0.05, 0) is 18.2 Å². The molecule has 0 bridgehead atoms. The number of rotatable bonds is 4. The van der Waals surface area contributed by atoms with Crippen LogP contribution in [0, 0.1) is 5.82 Å². The van der Waals surface area contributed by atoms with Crippen LogP contribution < -0.4 is 5.32 Å². The molecule has 2 N–H and O–H groups in total. The average molecular weight is 333 g/mol. The summed E-state index contributed by atoms with van der Waals surface area (Å²) in [5, 5.41) is 16.0. The molecule has 8 heteroatoms. The van der Waals surface area contributed by atoms with Crippen molar-refractivity contribution in [2.24, 2.45) is 0 Å². The first kappa shape index (κ1) is 16.1. The number of hydrogen-bond acceptors (Lipinski definition) is 4. The van der Waals surface area contributed by atoms with Crippen molar-refractivity contribution < 1.29 is 23.8 Å². The predicted octanol–water partition coefficient (Wildman–Crippen LogP) is 1.37. The van der Waals surface area contributed by atoms with Crippen LogP contribution in [0.5, 0.6) is 0 Å². The van der Waals surface area contributed by atoms with E-state index in [1.54, 1.807) is 12.1 Å². The summed E-state index contributed by atoms with van der Waals surface area (Å²) in [7, 11) is 0. The summed E-state index contributed by atoms with van der Waals surface area (Å²) in [5.74, 6) is -2.19. The average Bonchev–Trinajstić information content (AvgIpc) is 3.06. The van der Waals surface area contributed by atoms with Crippen molar-refractivity contribution in [3.05, 3.63) is 48.0 Å². The van der Waals surface area contributed by atoms with E-state index in [0.717, 1.165) is 0 Å². The van der Waals surface area contributed by atoms with Gasteiger partial charge in [0.15, 0.2) is 5.69 Å². The molecule has 0 aliphatic carbocycles. The topological polar surface area (TPSA) is 93.5 Å². The highest BCUT2D eigenvalue weighted by molar-refractivity contribution is 5.96. The van der Waals surface area contributed by atoms with Crippen molar-refractivity contribution in [2.75, 3.05) is 13.2 Å².